The van der Waals surface area contributed by atoms with E-state index in [2.05, 4.69) is 0 Å². The van der Waals surface area contributed by atoms with Crippen molar-refractivity contribution < 1.29 is 13.9 Å². The standard InChI is InChI=1S/C22H15FO2S/c23-19-7-3-1-5-16(19)14-25-17-11-9-15(10-12-17)13-21-22(24)18-6-2-4-8-20(18)26-21/h1-13H,14H2/b21-13-. The number of hydrogen-bond donors (Lipinski definition) is 0. The van der Waals surface area contributed by atoms with Crippen LogP contribution in [-0.2, 0) is 6.61 Å². The fraction of sp³-hybridized carbons (Fsp3) is 0.0455. The van der Waals surface area contributed by atoms with Crippen molar-refractivity contribution in [1.82, 2.24) is 0 Å². The van der Waals surface area contributed by atoms with Crippen molar-refractivity contribution in [2.45, 2.75) is 11.5 Å². The van der Waals surface area contributed by atoms with Crippen molar-refractivity contribution >= 4 is 23.6 Å². The first-order chi connectivity index (χ1) is 12.7. The Balaban J connectivity index is 1.45. The van der Waals surface area contributed by atoms with Gasteiger partial charge >= 0.3 is 0 Å². The first-order valence-corrected chi connectivity index (χ1v) is 9.02. The number of carbonyl (C=O) groups is 1. The second kappa shape index (κ2) is 7.18. The summed E-state index contributed by atoms with van der Waals surface area (Å²) < 4.78 is 19.2. The predicted molar refractivity (Wildman–Crippen MR) is 102 cm³/mol. The van der Waals surface area contributed by atoms with Crippen LogP contribution < -0.4 is 4.74 Å². The highest BCUT2D eigenvalue weighted by Crippen LogP contribution is 2.40. The van der Waals surface area contributed by atoms with Crippen molar-refractivity contribution in [3.8, 4) is 5.75 Å². The monoisotopic (exact) mass is 362 g/mol. The molecule has 0 amide bonds. The number of allylic oxidation sites excluding steroid dienone is 1. The highest BCUT2D eigenvalue weighted by molar-refractivity contribution is 8.04. The molecule has 0 radical (unpaired) electrons. The first-order valence-electron chi connectivity index (χ1n) is 8.20. The van der Waals surface area contributed by atoms with Crippen molar-refractivity contribution in [2.75, 3.05) is 0 Å². The van der Waals surface area contributed by atoms with Crippen LogP contribution in [0.4, 0.5) is 4.39 Å². The number of fused-ring (bicyclic) bond motifs is 1. The third kappa shape index (κ3) is 3.41. The van der Waals surface area contributed by atoms with Gasteiger partial charge in [-0.1, -0.05) is 54.2 Å². The second-order valence-electron chi connectivity index (χ2n) is 5.89. The van der Waals surface area contributed by atoms with Crippen molar-refractivity contribution in [1.29, 1.82) is 0 Å². The van der Waals surface area contributed by atoms with Gasteiger partial charge in [0, 0.05) is 16.0 Å². The molecule has 1 aliphatic rings. The Hall–Kier alpha value is -2.85. The summed E-state index contributed by atoms with van der Waals surface area (Å²) in [4.78, 5) is 14.1. The third-order valence-corrected chi connectivity index (χ3v) is 5.20. The van der Waals surface area contributed by atoms with E-state index < -0.39 is 0 Å². The van der Waals surface area contributed by atoms with E-state index in [-0.39, 0.29) is 18.2 Å². The number of carbonyl (C=O) groups excluding carboxylic acids is 1. The molecule has 1 aliphatic heterocycles. The van der Waals surface area contributed by atoms with Gasteiger partial charge in [0.15, 0.2) is 0 Å². The molecule has 0 unspecified atom stereocenters. The van der Waals surface area contributed by atoms with Crippen molar-refractivity contribution in [2.24, 2.45) is 0 Å². The number of ketones is 1. The number of halogens is 1. The highest BCUT2D eigenvalue weighted by atomic mass is 32.2. The molecule has 0 saturated carbocycles. The SMILES string of the molecule is O=C1/C(=C/c2ccc(OCc3ccccc3F)cc2)Sc2ccccc21. The van der Waals surface area contributed by atoms with Gasteiger partial charge in [-0.3, -0.25) is 4.79 Å². The van der Waals surface area contributed by atoms with Gasteiger partial charge in [0.25, 0.3) is 0 Å². The molecule has 1 heterocycles. The van der Waals surface area contributed by atoms with Gasteiger partial charge in [-0.15, -0.1) is 0 Å². The topological polar surface area (TPSA) is 26.3 Å². The van der Waals surface area contributed by atoms with Gasteiger partial charge in [0.05, 0.1) is 4.91 Å². The molecule has 2 nitrogen and oxygen atoms in total. The van der Waals surface area contributed by atoms with Crippen molar-refractivity contribution in [3.05, 3.63) is 100 Å². The Morgan fingerprint density at radius 1 is 0.923 bits per heavy atom. The summed E-state index contributed by atoms with van der Waals surface area (Å²) in [6.07, 6.45) is 1.88. The van der Waals surface area contributed by atoms with E-state index in [4.69, 9.17) is 4.74 Å². The lowest BCUT2D eigenvalue weighted by molar-refractivity contribution is 0.104. The third-order valence-electron chi connectivity index (χ3n) is 4.11. The minimum Gasteiger partial charge on any atom is -0.489 e. The Morgan fingerprint density at radius 3 is 2.42 bits per heavy atom. The maximum atomic E-state index is 13.6. The van der Waals surface area contributed by atoms with Crippen LogP contribution in [0.1, 0.15) is 21.5 Å². The summed E-state index contributed by atoms with van der Waals surface area (Å²) in [5.74, 6) is 0.444. The summed E-state index contributed by atoms with van der Waals surface area (Å²) in [7, 11) is 0. The molecule has 0 N–H and O–H groups in total. The van der Waals surface area contributed by atoms with E-state index in [1.54, 1.807) is 18.2 Å². The minimum absolute atomic E-state index is 0.0606. The molecule has 4 heteroatoms. The summed E-state index contributed by atoms with van der Waals surface area (Å²) in [5.41, 5.74) is 2.20. The smallest absolute Gasteiger partial charge is 0.200 e. The molecule has 26 heavy (non-hydrogen) atoms. The Labute approximate surface area is 155 Å². The molecule has 0 atom stereocenters. The molecular weight excluding hydrogens is 347 g/mol. The van der Waals surface area contributed by atoms with Crippen LogP contribution in [-0.4, -0.2) is 5.78 Å². The number of Topliss-reactive ketones (excluding diaryl/α,β-unsaturated/α-hetero) is 1. The minimum atomic E-state index is -0.273. The van der Waals surface area contributed by atoms with Gasteiger partial charge in [-0.05, 0) is 42.0 Å². The molecule has 0 saturated heterocycles. The first kappa shape index (κ1) is 16.6. The molecule has 3 aromatic rings. The molecule has 128 valence electrons. The number of ether oxygens (including phenoxy) is 1. The van der Waals surface area contributed by atoms with Crippen LogP contribution in [0, 0.1) is 5.82 Å². The lowest BCUT2D eigenvalue weighted by Crippen LogP contribution is -1.98. The summed E-state index contributed by atoms with van der Waals surface area (Å²) in [5, 5.41) is 0. The average molecular weight is 362 g/mol. The normalized spacial score (nSPS) is 14.5. The summed E-state index contributed by atoms with van der Waals surface area (Å²) in [6, 6.07) is 21.6. The highest BCUT2D eigenvalue weighted by Gasteiger charge is 2.24. The Bertz CT molecular complexity index is 993. The average Bonchev–Trinajstić information content (AvgIpc) is 2.98. The van der Waals surface area contributed by atoms with Gasteiger partial charge in [-0.25, -0.2) is 4.39 Å². The van der Waals surface area contributed by atoms with E-state index in [9.17, 15) is 9.18 Å². The largest absolute Gasteiger partial charge is 0.489 e. The quantitative estimate of drug-likeness (QED) is 0.554. The zero-order valence-corrected chi connectivity index (χ0v) is 14.6. The Morgan fingerprint density at radius 2 is 1.65 bits per heavy atom. The maximum absolute atomic E-state index is 13.6. The molecule has 0 spiro atoms. The van der Waals surface area contributed by atoms with Crippen LogP contribution >= 0.6 is 11.8 Å². The fourth-order valence-corrected chi connectivity index (χ4v) is 3.78. The van der Waals surface area contributed by atoms with E-state index in [1.165, 1.54) is 17.8 Å². The van der Waals surface area contributed by atoms with Crippen molar-refractivity contribution in [3.63, 3.8) is 0 Å². The van der Waals surface area contributed by atoms with Crippen LogP contribution in [0.25, 0.3) is 6.08 Å². The van der Waals surface area contributed by atoms with Gasteiger partial charge < -0.3 is 4.74 Å². The second-order valence-corrected chi connectivity index (χ2v) is 6.97. The summed E-state index contributed by atoms with van der Waals surface area (Å²) in [6.45, 7) is 0.177. The zero-order chi connectivity index (χ0) is 17.9. The number of rotatable bonds is 4. The van der Waals surface area contributed by atoms with Gasteiger partial charge in [-0.2, -0.15) is 0 Å². The number of hydrogen-bond acceptors (Lipinski definition) is 3. The molecular formula is C22H15FO2S. The predicted octanol–water partition coefficient (Wildman–Crippen LogP) is 5.73. The van der Waals surface area contributed by atoms with Gasteiger partial charge in [0.1, 0.15) is 18.2 Å². The lowest BCUT2D eigenvalue weighted by Gasteiger charge is -2.07. The molecule has 0 aliphatic carbocycles. The molecule has 0 fully saturated rings. The molecule has 4 rings (SSSR count). The van der Waals surface area contributed by atoms with Crippen LogP contribution in [0.15, 0.2) is 82.6 Å². The fourth-order valence-electron chi connectivity index (χ4n) is 2.72. The summed E-state index contributed by atoms with van der Waals surface area (Å²) >= 11 is 1.49. The van der Waals surface area contributed by atoms with Crippen LogP contribution in [0.2, 0.25) is 0 Å². The van der Waals surface area contributed by atoms with Gasteiger partial charge in [0.2, 0.25) is 5.78 Å². The van der Waals surface area contributed by atoms with Crippen LogP contribution in [0.3, 0.4) is 0 Å². The molecule has 0 aromatic heterocycles. The van der Waals surface area contributed by atoms with E-state index >= 15 is 0 Å². The Kier molecular flexibility index (Phi) is 4.59. The maximum Gasteiger partial charge on any atom is 0.200 e. The zero-order valence-electron chi connectivity index (χ0n) is 13.8. The molecule has 3 aromatic carbocycles. The number of thioether (sulfide) groups is 1. The van der Waals surface area contributed by atoms with E-state index in [0.717, 1.165) is 16.0 Å². The lowest BCUT2D eigenvalue weighted by atomic mass is 10.1. The van der Waals surface area contributed by atoms with E-state index in [1.807, 2.05) is 54.6 Å². The van der Waals surface area contributed by atoms with Crippen LogP contribution in [0.5, 0.6) is 5.75 Å². The van der Waals surface area contributed by atoms with E-state index in [0.29, 0.717) is 16.2 Å². The number of benzene rings is 3. The molecule has 0 bridgehead atoms.